The van der Waals surface area contributed by atoms with E-state index in [0.717, 1.165) is 23.4 Å². The lowest BCUT2D eigenvalue weighted by molar-refractivity contribution is -0.121. The second kappa shape index (κ2) is 9.44. The van der Waals surface area contributed by atoms with Gasteiger partial charge in [-0.3, -0.25) is 9.69 Å². The maximum Gasteiger partial charge on any atom is 0.410 e. The van der Waals surface area contributed by atoms with Crippen molar-refractivity contribution in [3.8, 4) is 6.07 Å². The van der Waals surface area contributed by atoms with Crippen molar-refractivity contribution in [1.29, 1.82) is 5.26 Å². The molecule has 0 bridgehead atoms. The molecular weight excluding hydrogens is 520 g/mol. The molecule has 7 nitrogen and oxygen atoms in total. The number of carbonyl (C=O) groups is 2. The first-order valence-corrected chi connectivity index (χ1v) is 13.1. The van der Waals surface area contributed by atoms with E-state index in [4.69, 9.17) is 4.74 Å². The number of rotatable bonds is 3. The Kier molecular flexibility index (Phi) is 6.82. The van der Waals surface area contributed by atoms with Crippen LogP contribution < -0.4 is 9.80 Å². The molecule has 2 heterocycles. The van der Waals surface area contributed by atoms with E-state index in [1.165, 1.54) is 0 Å². The van der Waals surface area contributed by atoms with Crippen molar-refractivity contribution < 1.29 is 14.3 Å². The lowest BCUT2D eigenvalue weighted by Crippen LogP contribution is -2.55. The second-order valence-electron chi connectivity index (χ2n) is 10.9. The van der Waals surface area contributed by atoms with E-state index in [9.17, 15) is 14.9 Å². The van der Waals surface area contributed by atoms with E-state index < -0.39 is 11.0 Å². The Morgan fingerprint density at radius 1 is 1.19 bits per heavy atom. The van der Waals surface area contributed by atoms with Gasteiger partial charge in [-0.25, -0.2) is 4.79 Å². The summed E-state index contributed by atoms with van der Waals surface area (Å²) in [6.07, 6.45) is 0.570. The molecule has 0 saturated carbocycles. The summed E-state index contributed by atoms with van der Waals surface area (Å²) < 4.78 is 6.25. The van der Waals surface area contributed by atoms with Gasteiger partial charge in [-0.1, -0.05) is 19.1 Å². The lowest BCUT2D eigenvalue weighted by Gasteiger charge is -2.43. The number of carbonyl (C=O) groups excluding carboxylic acids is 2. The van der Waals surface area contributed by atoms with Crippen LogP contribution in [-0.2, 0) is 14.9 Å². The minimum absolute atomic E-state index is 0.0639. The van der Waals surface area contributed by atoms with E-state index >= 15 is 0 Å². The van der Waals surface area contributed by atoms with Gasteiger partial charge in [0.25, 0.3) is 0 Å². The van der Waals surface area contributed by atoms with Crippen LogP contribution in [0.15, 0.2) is 40.9 Å². The van der Waals surface area contributed by atoms with Crippen molar-refractivity contribution in [2.75, 3.05) is 29.4 Å². The number of piperazine rings is 1. The van der Waals surface area contributed by atoms with E-state index in [1.807, 2.05) is 52.8 Å². The molecule has 0 aliphatic carbocycles. The Bertz CT molecular complexity index is 1240. The van der Waals surface area contributed by atoms with Crippen LogP contribution in [-0.4, -0.2) is 48.2 Å². The minimum Gasteiger partial charge on any atom is -0.444 e. The SMILES string of the molecule is CC[C@@H]1CN(C(=O)OC(C)(C)C)CCN1c1ccc2c(c1)N(c1cccc(Br)c1C#N)C(=O)C2(C)C. The number of nitriles is 1. The summed E-state index contributed by atoms with van der Waals surface area (Å²) in [5.41, 5.74) is 2.46. The molecule has 8 heteroatoms. The van der Waals surface area contributed by atoms with Gasteiger partial charge in [-0.15, -0.1) is 0 Å². The Balaban J connectivity index is 1.70. The number of fused-ring (bicyclic) bond motifs is 1. The first kappa shape index (κ1) is 26.0. The standard InChI is InChI=1S/C28H33BrN4O3/c1-7-18-17-31(26(35)36-27(2,3)4)13-14-32(18)19-11-12-21-24(15-19)33(25(34)28(21,5)6)23-10-8-9-22(29)20(23)16-30/h8-12,15,18H,7,13-14,17H2,1-6H3/t18-/m1/s1. The van der Waals surface area contributed by atoms with Gasteiger partial charge < -0.3 is 14.5 Å². The number of anilines is 3. The van der Waals surface area contributed by atoms with Crippen molar-refractivity contribution in [2.24, 2.45) is 0 Å². The maximum absolute atomic E-state index is 13.6. The topological polar surface area (TPSA) is 76.9 Å². The molecule has 2 aromatic rings. The monoisotopic (exact) mass is 552 g/mol. The highest BCUT2D eigenvalue weighted by Gasteiger charge is 2.46. The predicted octanol–water partition coefficient (Wildman–Crippen LogP) is 6.11. The first-order chi connectivity index (χ1) is 16.9. The highest BCUT2D eigenvalue weighted by molar-refractivity contribution is 9.10. The van der Waals surface area contributed by atoms with Crippen LogP contribution in [0, 0.1) is 11.3 Å². The van der Waals surface area contributed by atoms with Crippen LogP contribution in [0.2, 0.25) is 0 Å². The Morgan fingerprint density at radius 2 is 1.92 bits per heavy atom. The molecule has 1 saturated heterocycles. The van der Waals surface area contributed by atoms with E-state index in [2.05, 4.69) is 46.0 Å². The average Bonchev–Trinajstić information content (AvgIpc) is 3.02. The molecule has 190 valence electrons. The molecule has 0 aromatic heterocycles. The van der Waals surface area contributed by atoms with Gasteiger partial charge in [0.1, 0.15) is 11.7 Å². The molecule has 2 amide bonds. The van der Waals surface area contributed by atoms with Crippen molar-refractivity contribution in [2.45, 2.75) is 65.0 Å². The molecule has 2 aromatic carbocycles. The first-order valence-electron chi connectivity index (χ1n) is 12.3. The summed E-state index contributed by atoms with van der Waals surface area (Å²) in [4.78, 5) is 32.1. The van der Waals surface area contributed by atoms with Crippen molar-refractivity contribution in [3.63, 3.8) is 0 Å². The lowest BCUT2D eigenvalue weighted by atomic mass is 9.86. The average molecular weight is 554 g/mol. The molecule has 1 fully saturated rings. The quantitative estimate of drug-likeness (QED) is 0.458. The van der Waals surface area contributed by atoms with Gasteiger partial charge >= 0.3 is 6.09 Å². The fourth-order valence-electron chi connectivity index (χ4n) is 5.00. The van der Waals surface area contributed by atoms with E-state index in [0.29, 0.717) is 35.4 Å². The number of halogens is 1. The zero-order valence-corrected chi connectivity index (χ0v) is 23.3. The van der Waals surface area contributed by atoms with Crippen molar-refractivity contribution in [3.05, 3.63) is 52.0 Å². The van der Waals surface area contributed by atoms with Crippen LogP contribution in [0.1, 0.15) is 59.1 Å². The smallest absolute Gasteiger partial charge is 0.410 e. The summed E-state index contributed by atoms with van der Waals surface area (Å²) in [5, 5.41) is 9.82. The molecule has 1 atom stereocenters. The number of benzene rings is 2. The molecule has 2 aliphatic heterocycles. The van der Waals surface area contributed by atoms with Crippen molar-refractivity contribution in [1.82, 2.24) is 4.90 Å². The molecule has 0 unspecified atom stereocenters. The van der Waals surface area contributed by atoms with Gasteiger partial charge in [-0.2, -0.15) is 5.26 Å². The van der Waals surface area contributed by atoms with Crippen LogP contribution in [0.5, 0.6) is 0 Å². The van der Waals surface area contributed by atoms with E-state index in [-0.39, 0.29) is 18.0 Å². The number of amides is 2. The van der Waals surface area contributed by atoms with Crippen LogP contribution >= 0.6 is 15.9 Å². The normalized spacial score (nSPS) is 19.2. The molecule has 2 aliphatic rings. The van der Waals surface area contributed by atoms with Gasteiger partial charge in [0, 0.05) is 35.8 Å². The Morgan fingerprint density at radius 3 is 2.56 bits per heavy atom. The minimum atomic E-state index is -0.720. The number of ether oxygens (including phenoxy) is 1. The molecular formula is C28H33BrN4O3. The third-order valence-corrected chi connectivity index (χ3v) is 7.58. The van der Waals surface area contributed by atoms with Crippen LogP contribution in [0.25, 0.3) is 0 Å². The van der Waals surface area contributed by atoms with Crippen molar-refractivity contribution >= 4 is 45.0 Å². The highest BCUT2D eigenvalue weighted by Crippen LogP contribution is 2.48. The molecule has 36 heavy (non-hydrogen) atoms. The molecule has 4 rings (SSSR count). The van der Waals surface area contributed by atoms with E-state index in [1.54, 1.807) is 15.9 Å². The van der Waals surface area contributed by atoms with Crippen LogP contribution in [0.4, 0.5) is 21.9 Å². The highest BCUT2D eigenvalue weighted by atomic mass is 79.9. The third-order valence-electron chi connectivity index (χ3n) is 6.91. The summed E-state index contributed by atoms with van der Waals surface area (Å²) in [7, 11) is 0. The number of nitrogens with zero attached hydrogens (tertiary/aromatic N) is 4. The summed E-state index contributed by atoms with van der Waals surface area (Å²) in [6, 6.07) is 14.0. The Hall–Kier alpha value is -3.05. The largest absolute Gasteiger partial charge is 0.444 e. The molecule has 0 N–H and O–H groups in total. The fourth-order valence-corrected chi connectivity index (χ4v) is 5.45. The predicted molar refractivity (Wildman–Crippen MR) is 145 cm³/mol. The summed E-state index contributed by atoms with van der Waals surface area (Å²) >= 11 is 3.46. The molecule has 0 spiro atoms. The maximum atomic E-state index is 13.6. The summed E-state index contributed by atoms with van der Waals surface area (Å²) in [5.74, 6) is -0.0639. The third kappa shape index (κ3) is 4.57. The fraction of sp³-hybridized carbons (Fsp3) is 0.464. The number of hydrogen-bond donors (Lipinski definition) is 0. The van der Waals surface area contributed by atoms with Crippen LogP contribution in [0.3, 0.4) is 0 Å². The van der Waals surface area contributed by atoms with Gasteiger partial charge in [0.05, 0.1) is 22.4 Å². The molecule has 0 radical (unpaired) electrons. The van der Waals surface area contributed by atoms with Gasteiger partial charge in [0.15, 0.2) is 0 Å². The Labute approximate surface area is 221 Å². The zero-order chi connectivity index (χ0) is 26.4. The van der Waals surface area contributed by atoms with Gasteiger partial charge in [0.2, 0.25) is 5.91 Å². The zero-order valence-electron chi connectivity index (χ0n) is 21.8. The van der Waals surface area contributed by atoms with Gasteiger partial charge in [-0.05, 0) is 86.8 Å². The second-order valence-corrected chi connectivity index (χ2v) is 11.7. The number of hydrogen-bond acceptors (Lipinski definition) is 5. The summed E-state index contributed by atoms with van der Waals surface area (Å²) in [6.45, 7) is 13.4.